The summed E-state index contributed by atoms with van der Waals surface area (Å²) in [5, 5.41) is 20.0. The molecule has 1 aliphatic heterocycles. The number of nitriles is 2. The predicted octanol–water partition coefficient (Wildman–Crippen LogP) is 5.02. The fourth-order valence-electron chi connectivity index (χ4n) is 3.31. The topological polar surface area (TPSA) is 110 Å². The maximum absolute atomic E-state index is 11.1. The summed E-state index contributed by atoms with van der Waals surface area (Å²) in [6.07, 6.45) is 3.50. The van der Waals surface area contributed by atoms with Gasteiger partial charge < -0.3 is 4.90 Å². The summed E-state index contributed by atoms with van der Waals surface area (Å²) >= 11 is 1.46. The van der Waals surface area contributed by atoms with E-state index in [1.54, 1.807) is 42.5 Å². The molecule has 7 nitrogen and oxygen atoms in total. The lowest BCUT2D eigenvalue weighted by molar-refractivity contribution is 0.481. The Morgan fingerprint density at radius 2 is 1.82 bits per heavy atom. The zero-order chi connectivity index (χ0) is 23.8. The molecule has 1 heterocycles. The minimum Gasteiger partial charge on any atom is -0.335 e. The number of allylic oxidation sites excluding steroid dienone is 5. The van der Waals surface area contributed by atoms with E-state index < -0.39 is 10.1 Å². The first-order valence-corrected chi connectivity index (χ1v) is 12.2. The number of hydrogen-bond acceptors (Lipinski definition) is 6. The molecule has 2 aromatic carbocycles. The van der Waals surface area contributed by atoms with Gasteiger partial charge in [0.25, 0.3) is 15.8 Å². The molecule has 0 aliphatic carbocycles. The summed E-state index contributed by atoms with van der Waals surface area (Å²) in [5.41, 5.74) is 1.72. The Kier molecular flexibility index (Phi) is 7.71. The average molecular weight is 475 g/mol. The van der Waals surface area contributed by atoms with Crippen LogP contribution in [0.25, 0.3) is 10.4 Å². The van der Waals surface area contributed by atoms with Crippen molar-refractivity contribution in [3.8, 4) is 12.1 Å². The number of para-hydroxylation sites is 1. The van der Waals surface area contributed by atoms with Crippen LogP contribution >= 0.6 is 11.8 Å². The Hall–Kier alpha value is -3.81. The third-order valence-corrected chi connectivity index (χ3v) is 6.66. The average Bonchev–Trinajstić information content (AvgIpc) is 3.16. The van der Waals surface area contributed by atoms with Gasteiger partial charge in [0.15, 0.2) is 0 Å². The van der Waals surface area contributed by atoms with E-state index >= 15 is 0 Å². The van der Waals surface area contributed by atoms with Crippen LogP contribution in [0.15, 0.2) is 87.9 Å². The quantitative estimate of drug-likeness (QED) is 0.260. The molecule has 33 heavy (non-hydrogen) atoms. The van der Waals surface area contributed by atoms with Crippen molar-refractivity contribution >= 4 is 33.1 Å². The van der Waals surface area contributed by atoms with E-state index in [1.807, 2.05) is 35.2 Å². The first kappa shape index (κ1) is 23.8. The third-order valence-electron chi connectivity index (χ3n) is 4.72. The molecule has 164 valence electrons. The Morgan fingerprint density at radius 1 is 1.12 bits per heavy atom. The minimum absolute atomic E-state index is 0.163. The van der Waals surface area contributed by atoms with Gasteiger partial charge in [-0.05, 0) is 36.3 Å². The van der Waals surface area contributed by atoms with Gasteiger partial charge in [0.05, 0.1) is 40.8 Å². The van der Waals surface area contributed by atoms with Crippen molar-refractivity contribution in [2.75, 3.05) is 17.2 Å². The lowest BCUT2D eigenvalue weighted by Gasteiger charge is -2.20. The van der Waals surface area contributed by atoms with Crippen LogP contribution in [0, 0.1) is 29.2 Å². The monoisotopic (exact) mass is 474 g/mol. The molecule has 2 aromatic rings. The number of thioether (sulfide) groups is 1. The van der Waals surface area contributed by atoms with Crippen LogP contribution in [0.5, 0.6) is 0 Å². The highest BCUT2D eigenvalue weighted by Crippen LogP contribution is 2.46. The SMILES string of the molecule is [C-]#[N+]\C(C#N)=C(/C(C#N)=C/C=C1\Sc2ccccc2N1CCCS(=O)(=O)O)c1ccccc1. The highest BCUT2D eigenvalue weighted by atomic mass is 32.2. The Labute approximate surface area is 197 Å². The number of fused-ring (bicyclic) bond motifs is 1. The summed E-state index contributed by atoms with van der Waals surface area (Å²) in [6.45, 7) is 7.71. The molecule has 0 aromatic heterocycles. The van der Waals surface area contributed by atoms with E-state index in [0.29, 0.717) is 12.1 Å². The summed E-state index contributed by atoms with van der Waals surface area (Å²) in [4.78, 5) is 6.19. The first-order valence-electron chi connectivity index (χ1n) is 9.77. The van der Waals surface area contributed by atoms with Gasteiger partial charge in [0.1, 0.15) is 0 Å². The van der Waals surface area contributed by atoms with Gasteiger partial charge in [0.2, 0.25) is 0 Å². The molecule has 0 atom stereocenters. The molecule has 0 saturated carbocycles. The van der Waals surface area contributed by atoms with E-state index in [0.717, 1.165) is 15.6 Å². The van der Waals surface area contributed by atoms with Crippen molar-refractivity contribution in [1.29, 1.82) is 10.5 Å². The highest BCUT2D eigenvalue weighted by molar-refractivity contribution is 8.03. The van der Waals surface area contributed by atoms with Crippen molar-refractivity contribution in [3.05, 3.63) is 100 Å². The lowest BCUT2D eigenvalue weighted by atomic mass is 9.96. The fourth-order valence-corrected chi connectivity index (χ4v) is 4.89. The van der Waals surface area contributed by atoms with Crippen LogP contribution in [0.4, 0.5) is 5.69 Å². The lowest BCUT2D eigenvalue weighted by Crippen LogP contribution is -2.21. The standard InChI is InChI=1S/C24H18N4O3S2/c1-27-20(17-26)24(18-8-3-2-4-9-18)19(16-25)12-13-23-28(14-7-15-33(29,30)31)21-10-5-6-11-22(21)32-23/h2-6,8-13H,7,14-15H2,(H,29,30,31)/b19-12+,23-13-,24-20-. The normalized spacial score (nSPS) is 15.3. The third kappa shape index (κ3) is 5.91. The van der Waals surface area contributed by atoms with Gasteiger partial charge in [-0.3, -0.25) is 4.55 Å². The smallest absolute Gasteiger partial charge is 0.270 e. The molecule has 9 heteroatoms. The van der Waals surface area contributed by atoms with Gasteiger partial charge >= 0.3 is 0 Å². The van der Waals surface area contributed by atoms with Crippen LogP contribution in [-0.4, -0.2) is 25.3 Å². The zero-order valence-corrected chi connectivity index (χ0v) is 19.0. The van der Waals surface area contributed by atoms with Crippen LogP contribution in [0.3, 0.4) is 0 Å². The highest BCUT2D eigenvalue weighted by Gasteiger charge is 2.24. The number of benzene rings is 2. The maximum atomic E-state index is 11.1. The molecular formula is C24H18N4O3S2. The van der Waals surface area contributed by atoms with Crippen molar-refractivity contribution in [3.63, 3.8) is 0 Å². The number of hydrogen-bond donors (Lipinski definition) is 1. The van der Waals surface area contributed by atoms with Crippen LogP contribution in [0.1, 0.15) is 12.0 Å². The fraction of sp³-hybridized carbons (Fsp3) is 0.125. The second kappa shape index (κ2) is 10.7. The molecule has 3 rings (SSSR count). The first-order chi connectivity index (χ1) is 15.9. The largest absolute Gasteiger partial charge is 0.335 e. The van der Waals surface area contributed by atoms with Gasteiger partial charge in [-0.1, -0.05) is 54.2 Å². The molecule has 0 radical (unpaired) electrons. The molecule has 0 fully saturated rings. The maximum Gasteiger partial charge on any atom is 0.270 e. The van der Waals surface area contributed by atoms with Crippen molar-refractivity contribution in [2.24, 2.45) is 0 Å². The van der Waals surface area contributed by atoms with Crippen LogP contribution in [-0.2, 0) is 10.1 Å². The van der Waals surface area contributed by atoms with Gasteiger partial charge in [-0.15, -0.1) is 0 Å². The van der Waals surface area contributed by atoms with Crippen molar-refractivity contribution in [2.45, 2.75) is 11.3 Å². The number of nitrogens with zero attached hydrogens (tertiary/aromatic N) is 4. The second-order valence-corrected chi connectivity index (χ2v) is 9.51. The Bertz CT molecular complexity index is 1360. The van der Waals surface area contributed by atoms with E-state index in [-0.39, 0.29) is 29.0 Å². The van der Waals surface area contributed by atoms with Gasteiger partial charge in [-0.2, -0.15) is 13.7 Å². The molecule has 1 N–H and O–H groups in total. The molecule has 0 unspecified atom stereocenters. The van der Waals surface area contributed by atoms with E-state index in [9.17, 15) is 18.9 Å². The molecule has 0 saturated heterocycles. The summed E-state index contributed by atoms with van der Waals surface area (Å²) in [5.74, 6) is -0.361. The second-order valence-electron chi connectivity index (χ2n) is 6.87. The minimum atomic E-state index is -4.07. The van der Waals surface area contributed by atoms with Crippen LogP contribution in [0.2, 0.25) is 0 Å². The number of rotatable bonds is 7. The van der Waals surface area contributed by atoms with Crippen molar-refractivity contribution in [1.82, 2.24) is 0 Å². The summed E-state index contributed by atoms with van der Waals surface area (Å²) in [6, 6.07) is 20.4. The summed E-state index contributed by atoms with van der Waals surface area (Å²) in [7, 11) is -4.07. The molecule has 0 amide bonds. The van der Waals surface area contributed by atoms with Gasteiger partial charge in [-0.25, -0.2) is 10.1 Å². The predicted molar refractivity (Wildman–Crippen MR) is 128 cm³/mol. The summed E-state index contributed by atoms with van der Waals surface area (Å²) < 4.78 is 31.3. The van der Waals surface area contributed by atoms with Gasteiger partial charge in [0, 0.05) is 17.0 Å². The Balaban J connectivity index is 2.02. The zero-order valence-electron chi connectivity index (χ0n) is 17.3. The Morgan fingerprint density at radius 3 is 2.45 bits per heavy atom. The van der Waals surface area contributed by atoms with E-state index in [2.05, 4.69) is 10.9 Å². The van der Waals surface area contributed by atoms with Crippen LogP contribution < -0.4 is 4.90 Å². The number of anilines is 1. The van der Waals surface area contributed by atoms with E-state index in [4.69, 9.17) is 11.1 Å². The molecule has 0 spiro atoms. The molecule has 1 aliphatic rings. The van der Waals surface area contributed by atoms with Crippen molar-refractivity contribution < 1.29 is 13.0 Å². The molecular weight excluding hydrogens is 456 g/mol. The molecule has 0 bridgehead atoms. The van der Waals surface area contributed by atoms with E-state index in [1.165, 1.54) is 11.8 Å².